The molecule has 0 aliphatic carbocycles. The summed E-state index contributed by atoms with van der Waals surface area (Å²) >= 11 is 0. The number of halogens is 1. The van der Waals surface area contributed by atoms with Gasteiger partial charge in [-0.25, -0.2) is 4.39 Å². The summed E-state index contributed by atoms with van der Waals surface area (Å²) < 4.78 is 13.9. The Kier molecular flexibility index (Phi) is 5.13. The maximum Gasteiger partial charge on any atom is 0.259 e. The molecule has 2 aromatic carbocycles. The Morgan fingerprint density at radius 1 is 1.07 bits per heavy atom. The summed E-state index contributed by atoms with van der Waals surface area (Å²) in [5, 5.41) is 0. The van der Waals surface area contributed by atoms with Crippen LogP contribution in [0.1, 0.15) is 39.5 Å². The molecule has 5 nitrogen and oxygen atoms in total. The molecule has 1 fully saturated rings. The van der Waals surface area contributed by atoms with Gasteiger partial charge in [0.1, 0.15) is 5.82 Å². The number of likely N-dealkylation sites (N-methyl/N-ethyl adjacent to an activating group) is 1. The second-order valence-corrected chi connectivity index (χ2v) is 8.08. The second-order valence-electron chi connectivity index (χ2n) is 8.08. The van der Waals surface area contributed by atoms with Gasteiger partial charge in [0.2, 0.25) is 5.91 Å². The van der Waals surface area contributed by atoms with Crippen LogP contribution in [0.15, 0.2) is 36.4 Å². The zero-order valence-corrected chi connectivity index (χ0v) is 17.1. The number of anilines is 1. The van der Waals surface area contributed by atoms with E-state index in [4.69, 9.17) is 0 Å². The van der Waals surface area contributed by atoms with Crippen LogP contribution in [0.4, 0.5) is 10.1 Å². The predicted molar refractivity (Wildman–Crippen MR) is 111 cm³/mol. The number of carbonyl (C=O) groups excluding carboxylic acids is 2. The normalized spacial score (nSPS) is 19.6. The third-order valence-corrected chi connectivity index (χ3v) is 6.10. The molecule has 1 saturated heterocycles. The first kappa shape index (κ1) is 19.6. The Morgan fingerprint density at radius 3 is 2.45 bits per heavy atom. The monoisotopic (exact) mass is 395 g/mol. The number of aryl methyl sites for hydroxylation is 2. The van der Waals surface area contributed by atoms with Crippen LogP contribution in [0.2, 0.25) is 0 Å². The van der Waals surface area contributed by atoms with Crippen LogP contribution in [0.5, 0.6) is 0 Å². The van der Waals surface area contributed by atoms with Gasteiger partial charge in [-0.2, -0.15) is 0 Å². The lowest BCUT2D eigenvalue weighted by Gasteiger charge is -2.34. The molecule has 29 heavy (non-hydrogen) atoms. The lowest BCUT2D eigenvalue weighted by atomic mass is 9.96. The number of fused-ring (bicyclic) bond motifs is 1. The lowest BCUT2D eigenvalue weighted by molar-refractivity contribution is -0.133. The third kappa shape index (κ3) is 3.65. The van der Waals surface area contributed by atoms with Crippen molar-refractivity contribution in [1.29, 1.82) is 0 Å². The number of benzene rings is 2. The van der Waals surface area contributed by atoms with E-state index in [-0.39, 0.29) is 18.2 Å². The van der Waals surface area contributed by atoms with Crippen LogP contribution >= 0.6 is 0 Å². The van der Waals surface area contributed by atoms with Crippen molar-refractivity contribution in [3.8, 4) is 0 Å². The number of carbonyl (C=O) groups is 2. The largest absolute Gasteiger partial charge is 0.340 e. The third-order valence-electron chi connectivity index (χ3n) is 6.10. The van der Waals surface area contributed by atoms with Crippen LogP contribution < -0.4 is 4.90 Å². The molecule has 2 aromatic rings. The van der Waals surface area contributed by atoms with Gasteiger partial charge in [-0.3, -0.25) is 9.59 Å². The average Bonchev–Trinajstić information content (AvgIpc) is 2.94. The van der Waals surface area contributed by atoms with Gasteiger partial charge in [-0.15, -0.1) is 0 Å². The molecule has 2 amide bonds. The zero-order valence-electron chi connectivity index (χ0n) is 17.1. The van der Waals surface area contributed by atoms with Gasteiger partial charge in [0.25, 0.3) is 5.91 Å². The fourth-order valence-corrected chi connectivity index (χ4v) is 4.18. The Labute approximate surface area is 170 Å². The van der Waals surface area contributed by atoms with Crippen molar-refractivity contribution in [1.82, 2.24) is 9.80 Å². The Hall–Kier alpha value is -2.73. The van der Waals surface area contributed by atoms with Gasteiger partial charge in [0.05, 0.1) is 12.5 Å². The SMILES string of the molecule is Cc1cc2c(cc1C)[C@H](CC(=O)N1CCN(C)CC1)N(c1cccc(F)c1)C2=O. The van der Waals surface area contributed by atoms with Crippen molar-refractivity contribution >= 4 is 17.5 Å². The predicted octanol–water partition coefficient (Wildman–Crippen LogP) is 3.31. The van der Waals surface area contributed by atoms with Crippen LogP contribution in [-0.4, -0.2) is 54.8 Å². The fourth-order valence-electron chi connectivity index (χ4n) is 4.18. The molecule has 0 saturated carbocycles. The van der Waals surface area contributed by atoms with E-state index in [0.717, 1.165) is 29.8 Å². The van der Waals surface area contributed by atoms with Crippen LogP contribution in [0.25, 0.3) is 0 Å². The molecule has 4 rings (SSSR count). The van der Waals surface area contributed by atoms with Crippen molar-refractivity contribution in [2.24, 2.45) is 0 Å². The Bertz CT molecular complexity index is 967. The quantitative estimate of drug-likeness (QED) is 0.801. The van der Waals surface area contributed by atoms with Gasteiger partial charge in [-0.1, -0.05) is 12.1 Å². The smallest absolute Gasteiger partial charge is 0.259 e. The summed E-state index contributed by atoms with van der Waals surface area (Å²) in [5.74, 6) is -0.545. The Balaban J connectivity index is 1.70. The highest BCUT2D eigenvalue weighted by molar-refractivity contribution is 6.11. The van der Waals surface area contributed by atoms with E-state index in [1.54, 1.807) is 17.0 Å². The summed E-state index contributed by atoms with van der Waals surface area (Å²) in [4.78, 5) is 32.0. The minimum Gasteiger partial charge on any atom is -0.340 e. The number of rotatable bonds is 3. The zero-order chi connectivity index (χ0) is 20.7. The average molecular weight is 395 g/mol. The van der Waals surface area contributed by atoms with E-state index in [2.05, 4.69) is 4.90 Å². The van der Waals surface area contributed by atoms with Crippen LogP contribution in [0.3, 0.4) is 0 Å². The number of piperazine rings is 1. The highest BCUT2D eigenvalue weighted by Gasteiger charge is 2.40. The molecule has 152 valence electrons. The molecule has 2 aliphatic heterocycles. The molecule has 0 aromatic heterocycles. The number of nitrogens with zero attached hydrogens (tertiary/aromatic N) is 3. The van der Waals surface area contributed by atoms with Gasteiger partial charge in [0, 0.05) is 37.4 Å². The molecule has 2 heterocycles. The molecular formula is C23H26FN3O2. The van der Waals surface area contributed by atoms with Crippen molar-refractivity contribution in [3.05, 3.63) is 64.5 Å². The van der Waals surface area contributed by atoms with E-state index in [9.17, 15) is 14.0 Å². The minimum absolute atomic E-state index is 0.0309. The van der Waals surface area contributed by atoms with Gasteiger partial charge >= 0.3 is 0 Å². The minimum atomic E-state index is -0.425. The first-order chi connectivity index (χ1) is 13.8. The highest BCUT2D eigenvalue weighted by atomic mass is 19.1. The maximum atomic E-state index is 13.9. The molecule has 0 bridgehead atoms. The lowest BCUT2D eigenvalue weighted by Crippen LogP contribution is -2.47. The van der Waals surface area contributed by atoms with Crippen molar-refractivity contribution in [2.75, 3.05) is 38.1 Å². The number of amides is 2. The first-order valence-electron chi connectivity index (χ1n) is 10.0. The standard InChI is InChI=1S/C23H26FN3O2/c1-15-11-19-20(12-16(15)2)23(29)27(18-6-4-5-17(24)13-18)21(19)14-22(28)26-9-7-25(3)8-10-26/h4-6,11-13,21H,7-10,14H2,1-3H3/t21-/m0/s1. The van der Waals surface area contributed by atoms with E-state index in [0.29, 0.717) is 24.3 Å². The summed E-state index contributed by atoms with van der Waals surface area (Å²) in [6, 6.07) is 9.50. The fraction of sp³-hybridized carbons (Fsp3) is 0.391. The molecule has 1 atom stereocenters. The molecular weight excluding hydrogens is 369 g/mol. The van der Waals surface area contributed by atoms with Crippen LogP contribution in [-0.2, 0) is 4.79 Å². The molecule has 2 aliphatic rings. The summed E-state index contributed by atoms with van der Waals surface area (Å²) in [6.45, 7) is 7.05. The molecule has 0 radical (unpaired) electrons. The highest BCUT2D eigenvalue weighted by Crippen LogP contribution is 2.41. The number of hydrogen-bond acceptors (Lipinski definition) is 3. The Morgan fingerprint density at radius 2 is 1.76 bits per heavy atom. The van der Waals surface area contributed by atoms with Gasteiger partial charge in [-0.05, 0) is 61.9 Å². The summed E-state index contributed by atoms with van der Waals surface area (Å²) in [7, 11) is 2.05. The first-order valence-corrected chi connectivity index (χ1v) is 10.0. The maximum absolute atomic E-state index is 13.9. The van der Waals surface area contributed by atoms with E-state index < -0.39 is 11.9 Å². The van der Waals surface area contributed by atoms with Crippen molar-refractivity contribution < 1.29 is 14.0 Å². The molecule has 0 unspecified atom stereocenters. The molecule has 0 spiro atoms. The van der Waals surface area contributed by atoms with E-state index in [1.807, 2.05) is 37.9 Å². The second kappa shape index (κ2) is 7.59. The van der Waals surface area contributed by atoms with Gasteiger partial charge in [0.15, 0.2) is 0 Å². The van der Waals surface area contributed by atoms with E-state index in [1.165, 1.54) is 12.1 Å². The molecule has 0 N–H and O–H groups in total. The molecule has 6 heteroatoms. The van der Waals surface area contributed by atoms with E-state index >= 15 is 0 Å². The number of hydrogen-bond donors (Lipinski definition) is 0. The summed E-state index contributed by atoms with van der Waals surface area (Å²) in [5.41, 5.74) is 4.05. The van der Waals surface area contributed by atoms with Crippen molar-refractivity contribution in [3.63, 3.8) is 0 Å². The topological polar surface area (TPSA) is 43.9 Å². The van der Waals surface area contributed by atoms with Gasteiger partial charge < -0.3 is 14.7 Å². The summed E-state index contributed by atoms with van der Waals surface area (Å²) in [6.07, 6.45) is 0.196. The van der Waals surface area contributed by atoms with Crippen molar-refractivity contribution in [2.45, 2.75) is 26.3 Å². The van der Waals surface area contributed by atoms with Crippen LogP contribution in [0, 0.1) is 19.7 Å².